The van der Waals surface area contributed by atoms with Gasteiger partial charge in [0.2, 0.25) is 0 Å². The molecule has 1 aliphatic heterocycles. The summed E-state index contributed by atoms with van der Waals surface area (Å²) in [5, 5.41) is 0. The third kappa shape index (κ3) is 8.12. The third-order valence-corrected chi connectivity index (χ3v) is 3.19. The smallest absolute Gasteiger partial charge is 0.0780 e. The highest BCUT2D eigenvalue weighted by molar-refractivity contribution is 4.51. The molecule has 0 bridgehead atoms. The van der Waals surface area contributed by atoms with Gasteiger partial charge in [-0.05, 0) is 19.8 Å². The van der Waals surface area contributed by atoms with Crippen LogP contribution in [0.4, 0.5) is 0 Å². The van der Waals surface area contributed by atoms with E-state index in [1.165, 1.54) is 57.8 Å². The summed E-state index contributed by atoms with van der Waals surface area (Å²) >= 11 is 0. The van der Waals surface area contributed by atoms with E-state index in [0.717, 1.165) is 19.8 Å². The van der Waals surface area contributed by atoms with Gasteiger partial charge < -0.3 is 9.47 Å². The molecule has 1 fully saturated rings. The Morgan fingerprint density at radius 1 is 0.688 bits per heavy atom. The van der Waals surface area contributed by atoms with E-state index in [2.05, 4.69) is 6.92 Å². The molecular formula is C14H28O2. The van der Waals surface area contributed by atoms with E-state index >= 15 is 0 Å². The van der Waals surface area contributed by atoms with E-state index in [1.54, 1.807) is 0 Å². The van der Waals surface area contributed by atoms with Crippen molar-refractivity contribution in [3.63, 3.8) is 0 Å². The van der Waals surface area contributed by atoms with E-state index < -0.39 is 0 Å². The lowest BCUT2D eigenvalue weighted by Gasteiger charge is -2.13. The van der Waals surface area contributed by atoms with Gasteiger partial charge in [-0.3, -0.25) is 0 Å². The Labute approximate surface area is 101 Å². The van der Waals surface area contributed by atoms with Crippen molar-refractivity contribution < 1.29 is 9.47 Å². The Bertz CT molecular complexity index is 132. The zero-order chi connectivity index (χ0) is 11.5. The third-order valence-electron chi connectivity index (χ3n) is 3.19. The van der Waals surface area contributed by atoms with E-state index in [-0.39, 0.29) is 6.10 Å². The highest BCUT2D eigenvalue weighted by Crippen LogP contribution is 2.10. The van der Waals surface area contributed by atoms with Crippen molar-refractivity contribution >= 4 is 0 Å². The molecule has 1 saturated heterocycles. The summed E-state index contributed by atoms with van der Waals surface area (Å²) < 4.78 is 11.3. The van der Waals surface area contributed by atoms with Crippen LogP contribution in [0, 0.1) is 0 Å². The molecule has 96 valence electrons. The normalized spacial score (nSPS) is 27.9. The first-order chi connectivity index (χ1) is 7.89. The van der Waals surface area contributed by atoms with Crippen LogP contribution in [0.1, 0.15) is 64.7 Å². The molecule has 0 aromatic heterocycles. The fourth-order valence-electron chi connectivity index (χ4n) is 2.13. The monoisotopic (exact) mass is 228 g/mol. The average molecular weight is 228 g/mol. The number of ether oxygens (including phenoxy) is 2. The van der Waals surface area contributed by atoms with Crippen LogP contribution in [-0.4, -0.2) is 25.9 Å². The van der Waals surface area contributed by atoms with Crippen LogP contribution in [0.3, 0.4) is 0 Å². The first-order valence-electron chi connectivity index (χ1n) is 7.09. The summed E-state index contributed by atoms with van der Waals surface area (Å²) in [4.78, 5) is 0. The zero-order valence-corrected chi connectivity index (χ0v) is 10.9. The Kier molecular flexibility index (Phi) is 8.83. The maximum absolute atomic E-state index is 5.69. The predicted molar refractivity (Wildman–Crippen MR) is 67.8 cm³/mol. The van der Waals surface area contributed by atoms with Gasteiger partial charge in [-0.2, -0.15) is 0 Å². The largest absolute Gasteiger partial charge is 0.379 e. The van der Waals surface area contributed by atoms with Gasteiger partial charge in [-0.15, -0.1) is 0 Å². The van der Waals surface area contributed by atoms with Crippen molar-refractivity contribution in [3.8, 4) is 0 Å². The first kappa shape index (κ1) is 14.0. The van der Waals surface area contributed by atoms with Crippen molar-refractivity contribution in [1.82, 2.24) is 0 Å². The SMILES string of the molecule is C[C@H]1COCCCCCCCCCCCO1. The second-order valence-electron chi connectivity index (χ2n) is 4.94. The van der Waals surface area contributed by atoms with Gasteiger partial charge in [0.15, 0.2) is 0 Å². The molecule has 1 atom stereocenters. The van der Waals surface area contributed by atoms with E-state index in [4.69, 9.17) is 9.47 Å². The molecule has 1 heterocycles. The van der Waals surface area contributed by atoms with Crippen molar-refractivity contribution in [1.29, 1.82) is 0 Å². The van der Waals surface area contributed by atoms with Crippen LogP contribution in [-0.2, 0) is 9.47 Å². The van der Waals surface area contributed by atoms with Gasteiger partial charge in [0.1, 0.15) is 0 Å². The van der Waals surface area contributed by atoms with Gasteiger partial charge in [0, 0.05) is 13.2 Å². The summed E-state index contributed by atoms with van der Waals surface area (Å²) in [5.41, 5.74) is 0. The molecule has 0 radical (unpaired) electrons. The minimum absolute atomic E-state index is 0.269. The van der Waals surface area contributed by atoms with Crippen LogP contribution >= 0.6 is 0 Å². The van der Waals surface area contributed by atoms with Crippen molar-refractivity contribution in [3.05, 3.63) is 0 Å². The van der Waals surface area contributed by atoms with E-state index in [9.17, 15) is 0 Å². The van der Waals surface area contributed by atoms with Gasteiger partial charge in [0.05, 0.1) is 12.7 Å². The summed E-state index contributed by atoms with van der Waals surface area (Å²) in [6.07, 6.45) is 12.4. The molecule has 0 spiro atoms. The molecule has 0 aromatic rings. The lowest BCUT2D eigenvalue weighted by Crippen LogP contribution is -2.17. The molecule has 16 heavy (non-hydrogen) atoms. The summed E-state index contributed by atoms with van der Waals surface area (Å²) in [6.45, 7) is 4.69. The fraction of sp³-hybridized carbons (Fsp3) is 1.00. The van der Waals surface area contributed by atoms with E-state index in [0.29, 0.717) is 0 Å². The van der Waals surface area contributed by atoms with E-state index in [1.807, 2.05) is 0 Å². The minimum atomic E-state index is 0.269. The van der Waals surface area contributed by atoms with Gasteiger partial charge in [-0.1, -0.05) is 44.9 Å². The highest BCUT2D eigenvalue weighted by atomic mass is 16.5. The first-order valence-corrected chi connectivity index (χ1v) is 7.09. The Hall–Kier alpha value is -0.0800. The molecule has 0 amide bonds. The quantitative estimate of drug-likeness (QED) is 0.625. The molecule has 0 aliphatic carbocycles. The number of rotatable bonds is 0. The number of hydrogen-bond donors (Lipinski definition) is 0. The molecule has 1 rings (SSSR count). The zero-order valence-electron chi connectivity index (χ0n) is 10.9. The summed E-state index contributed by atoms with van der Waals surface area (Å²) in [6, 6.07) is 0. The molecule has 2 heteroatoms. The second-order valence-corrected chi connectivity index (χ2v) is 4.94. The Morgan fingerprint density at radius 3 is 1.81 bits per heavy atom. The lowest BCUT2D eigenvalue weighted by molar-refractivity contribution is -0.00854. The summed E-state index contributed by atoms with van der Waals surface area (Å²) in [5.74, 6) is 0. The van der Waals surface area contributed by atoms with Crippen molar-refractivity contribution in [2.24, 2.45) is 0 Å². The molecule has 0 aromatic carbocycles. The van der Waals surface area contributed by atoms with Crippen LogP contribution in [0.5, 0.6) is 0 Å². The van der Waals surface area contributed by atoms with Crippen LogP contribution in [0.25, 0.3) is 0 Å². The van der Waals surface area contributed by atoms with Gasteiger partial charge >= 0.3 is 0 Å². The van der Waals surface area contributed by atoms with Gasteiger partial charge in [0.25, 0.3) is 0 Å². The molecule has 0 saturated carbocycles. The second kappa shape index (κ2) is 10.1. The molecular weight excluding hydrogens is 200 g/mol. The molecule has 2 nitrogen and oxygen atoms in total. The number of hydrogen-bond acceptors (Lipinski definition) is 2. The van der Waals surface area contributed by atoms with Crippen LogP contribution < -0.4 is 0 Å². The predicted octanol–water partition coefficient (Wildman–Crippen LogP) is 3.93. The standard InChI is InChI=1S/C14H28O2/c1-14-13-15-11-9-7-5-3-2-4-6-8-10-12-16-14/h14H,2-13H2,1H3/t14-/m0/s1. The topological polar surface area (TPSA) is 18.5 Å². The lowest BCUT2D eigenvalue weighted by atomic mass is 10.1. The van der Waals surface area contributed by atoms with Crippen LogP contribution in [0.2, 0.25) is 0 Å². The fourth-order valence-corrected chi connectivity index (χ4v) is 2.13. The minimum Gasteiger partial charge on any atom is -0.379 e. The molecule has 0 unspecified atom stereocenters. The van der Waals surface area contributed by atoms with Crippen LogP contribution in [0.15, 0.2) is 0 Å². The Morgan fingerprint density at radius 2 is 1.19 bits per heavy atom. The Balaban J connectivity index is 2.10. The highest BCUT2D eigenvalue weighted by Gasteiger charge is 2.02. The summed E-state index contributed by atoms with van der Waals surface area (Å²) in [7, 11) is 0. The maximum atomic E-state index is 5.69. The van der Waals surface area contributed by atoms with Crippen molar-refractivity contribution in [2.75, 3.05) is 19.8 Å². The van der Waals surface area contributed by atoms with Crippen molar-refractivity contribution in [2.45, 2.75) is 70.8 Å². The molecule has 1 aliphatic rings. The maximum Gasteiger partial charge on any atom is 0.0780 e. The molecule has 0 N–H and O–H groups in total. The van der Waals surface area contributed by atoms with Gasteiger partial charge in [-0.25, -0.2) is 0 Å². The average Bonchev–Trinajstić information content (AvgIpc) is 2.29.